The molecule has 0 spiro atoms. The number of ether oxygens (including phenoxy) is 1. The van der Waals surface area contributed by atoms with Crippen molar-refractivity contribution in [3.05, 3.63) is 35.4 Å². The van der Waals surface area contributed by atoms with E-state index in [0.717, 1.165) is 18.2 Å². The molecule has 0 fully saturated rings. The lowest BCUT2D eigenvalue weighted by Crippen LogP contribution is -2.32. The van der Waals surface area contributed by atoms with Gasteiger partial charge in [0.05, 0.1) is 6.61 Å². The molecule has 1 amide bonds. The fourth-order valence-corrected chi connectivity index (χ4v) is 1.16. The first-order chi connectivity index (χ1) is 8.02. The van der Waals surface area contributed by atoms with E-state index in [1.807, 2.05) is 0 Å². The summed E-state index contributed by atoms with van der Waals surface area (Å²) in [6.45, 7) is 1.50. The first-order valence-corrected chi connectivity index (χ1v) is 4.93. The van der Waals surface area contributed by atoms with Gasteiger partial charge in [-0.25, -0.2) is 13.6 Å². The van der Waals surface area contributed by atoms with Gasteiger partial charge in [0.1, 0.15) is 11.6 Å². The third-order valence-electron chi connectivity index (χ3n) is 1.84. The third kappa shape index (κ3) is 4.18. The van der Waals surface area contributed by atoms with E-state index in [9.17, 15) is 18.4 Å². The molecule has 6 heteroatoms. The number of hydrogen-bond donors (Lipinski definition) is 1. The predicted octanol–water partition coefficient (Wildman–Crippen LogP) is 1.14. The van der Waals surface area contributed by atoms with E-state index >= 15 is 0 Å². The van der Waals surface area contributed by atoms with E-state index in [2.05, 4.69) is 10.1 Å². The van der Waals surface area contributed by atoms with Gasteiger partial charge in [0, 0.05) is 12.6 Å². The summed E-state index contributed by atoms with van der Waals surface area (Å²) in [5.74, 6) is -3.46. The maximum Gasteiger partial charge on any atom is 0.396 e. The van der Waals surface area contributed by atoms with Crippen LogP contribution in [0.3, 0.4) is 0 Å². The third-order valence-corrected chi connectivity index (χ3v) is 1.84. The van der Waals surface area contributed by atoms with Crippen molar-refractivity contribution in [3.63, 3.8) is 0 Å². The van der Waals surface area contributed by atoms with Gasteiger partial charge >= 0.3 is 11.9 Å². The van der Waals surface area contributed by atoms with Crippen molar-refractivity contribution in [1.29, 1.82) is 0 Å². The number of esters is 1. The summed E-state index contributed by atoms with van der Waals surface area (Å²) < 4.78 is 30.0. The van der Waals surface area contributed by atoms with Gasteiger partial charge < -0.3 is 10.1 Å². The smallest absolute Gasteiger partial charge is 0.396 e. The summed E-state index contributed by atoms with van der Waals surface area (Å²) >= 11 is 0. The van der Waals surface area contributed by atoms with Gasteiger partial charge in [0.15, 0.2) is 0 Å². The number of amides is 1. The summed E-state index contributed by atoms with van der Waals surface area (Å²) in [6, 6.07) is 2.85. The number of benzene rings is 1. The van der Waals surface area contributed by atoms with Crippen LogP contribution >= 0.6 is 0 Å². The van der Waals surface area contributed by atoms with Crippen molar-refractivity contribution in [2.24, 2.45) is 0 Å². The molecule has 0 unspecified atom stereocenters. The van der Waals surface area contributed by atoms with Crippen LogP contribution in [0, 0.1) is 11.6 Å². The zero-order valence-electron chi connectivity index (χ0n) is 9.13. The van der Waals surface area contributed by atoms with Crippen LogP contribution in [0.1, 0.15) is 12.5 Å². The Kier molecular flexibility index (Phi) is 4.56. The van der Waals surface area contributed by atoms with Crippen LogP contribution < -0.4 is 5.32 Å². The second-order valence-electron chi connectivity index (χ2n) is 3.18. The zero-order valence-corrected chi connectivity index (χ0v) is 9.13. The predicted molar refractivity (Wildman–Crippen MR) is 54.8 cm³/mol. The van der Waals surface area contributed by atoms with Crippen LogP contribution in [0.15, 0.2) is 18.2 Å². The number of carbonyl (C=O) groups is 2. The summed E-state index contributed by atoms with van der Waals surface area (Å²) in [5, 5.41) is 2.19. The minimum absolute atomic E-state index is 0.0842. The van der Waals surface area contributed by atoms with Gasteiger partial charge in [-0.15, -0.1) is 0 Å². The van der Waals surface area contributed by atoms with Crippen LogP contribution in [0.25, 0.3) is 0 Å². The van der Waals surface area contributed by atoms with Crippen LogP contribution in [0.4, 0.5) is 8.78 Å². The molecule has 4 nitrogen and oxygen atoms in total. The molecular formula is C11H11F2NO3. The Morgan fingerprint density at radius 1 is 1.24 bits per heavy atom. The number of carbonyl (C=O) groups excluding carboxylic acids is 2. The average Bonchev–Trinajstić information content (AvgIpc) is 2.25. The Hall–Kier alpha value is -1.98. The van der Waals surface area contributed by atoms with E-state index in [1.165, 1.54) is 0 Å². The molecule has 0 aromatic heterocycles. The molecule has 17 heavy (non-hydrogen) atoms. The fourth-order valence-electron chi connectivity index (χ4n) is 1.16. The largest absolute Gasteiger partial charge is 0.459 e. The highest BCUT2D eigenvalue weighted by atomic mass is 19.1. The molecule has 0 atom stereocenters. The molecule has 1 N–H and O–H groups in total. The van der Waals surface area contributed by atoms with Crippen molar-refractivity contribution in [2.75, 3.05) is 6.61 Å². The normalized spacial score (nSPS) is 9.82. The zero-order chi connectivity index (χ0) is 12.8. The van der Waals surface area contributed by atoms with Gasteiger partial charge in [0.2, 0.25) is 0 Å². The van der Waals surface area contributed by atoms with Crippen molar-refractivity contribution in [1.82, 2.24) is 5.32 Å². The van der Waals surface area contributed by atoms with Gasteiger partial charge in [-0.05, 0) is 24.6 Å². The molecule has 0 aliphatic rings. The van der Waals surface area contributed by atoms with Gasteiger partial charge in [-0.1, -0.05) is 0 Å². The first kappa shape index (κ1) is 13.1. The summed E-state index contributed by atoms with van der Waals surface area (Å²) in [6.07, 6.45) is 0. The van der Waals surface area contributed by atoms with Crippen LogP contribution in [-0.2, 0) is 20.9 Å². The molecule has 0 heterocycles. The Balaban J connectivity index is 2.55. The van der Waals surface area contributed by atoms with Gasteiger partial charge in [-0.3, -0.25) is 4.79 Å². The van der Waals surface area contributed by atoms with E-state index in [4.69, 9.17) is 0 Å². The second kappa shape index (κ2) is 5.93. The maximum absolute atomic E-state index is 12.8. The summed E-state index contributed by atoms with van der Waals surface area (Å²) in [7, 11) is 0. The van der Waals surface area contributed by atoms with Crippen molar-refractivity contribution >= 4 is 11.9 Å². The molecule has 1 aromatic carbocycles. The molecule has 0 aliphatic carbocycles. The molecule has 0 saturated carbocycles. The van der Waals surface area contributed by atoms with Crippen molar-refractivity contribution in [3.8, 4) is 0 Å². The average molecular weight is 243 g/mol. The lowest BCUT2D eigenvalue weighted by molar-refractivity contribution is -0.154. The number of halogens is 2. The minimum atomic E-state index is -1.02. The van der Waals surface area contributed by atoms with Gasteiger partial charge in [0.25, 0.3) is 0 Å². The molecule has 92 valence electrons. The SMILES string of the molecule is CCOC(=O)C(=O)NCc1cc(F)cc(F)c1. The number of hydrogen-bond acceptors (Lipinski definition) is 3. The van der Waals surface area contributed by atoms with Crippen LogP contribution in [0.5, 0.6) is 0 Å². The van der Waals surface area contributed by atoms with E-state index in [-0.39, 0.29) is 18.7 Å². The number of rotatable bonds is 3. The Labute approximate surface area is 96.6 Å². The van der Waals surface area contributed by atoms with E-state index < -0.39 is 23.5 Å². The molecular weight excluding hydrogens is 232 g/mol. The topological polar surface area (TPSA) is 55.4 Å². The first-order valence-electron chi connectivity index (χ1n) is 4.93. The summed E-state index contributed by atoms with van der Waals surface area (Å²) in [4.78, 5) is 22.0. The summed E-state index contributed by atoms with van der Waals surface area (Å²) in [5.41, 5.74) is 0.222. The van der Waals surface area contributed by atoms with Crippen molar-refractivity contribution < 1.29 is 23.1 Å². The minimum Gasteiger partial charge on any atom is -0.459 e. The van der Waals surface area contributed by atoms with Crippen LogP contribution in [0.2, 0.25) is 0 Å². The molecule has 0 radical (unpaired) electrons. The standard InChI is InChI=1S/C11H11F2NO3/c1-2-17-11(16)10(15)14-6-7-3-8(12)5-9(13)4-7/h3-5H,2,6H2,1H3,(H,14,15). The Morgan fingerprint density at radius 3 is 2.35 bits per heavy atom. The van der Waals surface area contributed by atoms with E-state index in [0.29, 0.717) is 0 Å². The quantitative estimate of drug-likeness (QED) is 0.640. The maximum atomic E-state index is 12.8. The highest BCUT2D eigenvalue weighted by Gasteiger charge is 2.13. The monoisotopic (exact) mass is 243 g/mol. The van der Waals surface area contributed by atoms with Crippen LogP contribution in [-0.4, -0.2) is 18.5 Å². The fraction of sp³-hybridized carbons (Fsp3) is 0.273. The number of nitrogens with one attached hydrogen (secondary N) is 1. The highest BCUT2D eigenvalue weighted by Crippen LogP contribution is 2.07. The Morgan fingerprint density at radius 2 is 1.82 bits per heavy atom. The molecule has 0 aliphatic heterocycles. The van der Waals surface area contributed by atoms with Crippen molar-refractivity contribution in [2.45, 2.75) is 13.5 Å². The van der Waals surface area contributed by atoms with Gasteiger partial charge in [-0.2, -0.15) is 0 Å². The Bertz CT molecular complexity index is 414. The molecule has 1 aromatic rings. The molecule has 0 bridgehead atoms. The lowest BCUT2D eigenvalue weighted by Gasteiger charge is -2.05. The molecule has 0 saturated heterocycles. The highest BCUT2D eigenvalue weighted by molar-refractivity contribution is 6.32. The lowest BCUT2D eigenvalue weighted by atomic mass is 10.2. The molecule has 1 rings (SSSR count). The second-order valence-corrected chi connectivity index (χ2v) is 3.18. The van der Waals surface area contributed by atoms with E-state index in [1.54, 1.807) is 6.92 Å².